The van der Waals surface area contributed by atoms with E-state index in [9.17, 15) is 18.0 Å². The Labute approximate surface area is 171 Å². The lowest BCUT2D eigenvalue weighted by Crippen LogP contribution is -2.49. The SMILES string of the molecule is Cc1cc(C(F)(F)F)c2c(C)nn(CC(=O)N3CCN(c4ccccc4)CC3)c2n1. The van der Waals surface area contributed by atoms with E-state index < -0.39 is 11.7 Å². The summed E-state index contributed by atoms with van der Waals surface area (Å²) in [5.41, 5.74) is 0.887. The predicted molar refractivity (Wildman–Crippen MR) is 107 cm³/mol. The van der Waals surface area contributed by atoms with Gasteiger partial charge in [0.15, 0.2) is 5.65 Å². The number of nitrogens with zero attached hydrogens (tertiary/aromatic N) is 5. The first kappa shape index (κ1) is 20.2. The van der Waals surface area contributed by atoms with E-state index in [1.807, 2.05) is 30.3 Å². The molecule has 0 N–H and O–H groups in total. The predicted octanol–water partition coefficient (Wildman–Crippen LogP) is 3.42. The number of alkyl halides is 3. The van der Waals surface area contributed by atoms with Crippen LogP contribution in [0.3, 0.4) is 0 Å². The zero-order valence-electron chi connectivity index (χ0n) is 16.8. The van der Waals surface area contributed by atoms with Crippen molar-refractivity contribution in [3.05, 3.63) is 53.3 Å². The van der Waals surface area contributed by atoms with Crippen molar-refractivity contribution in [3.8, 4) is 0 Å². The van der Waals surface area contributed by atoms with Gasteiger partial charge >= 0.3 is 6.18 Å². The fraction of sp³-hybridized carbons (Fsp3) is 0.381. The first-order valence-electron chi connectivity index (χ1n) is 9.74. The van der Waals surface area contributed by atoms with Crippen LogP contribution in [-0.4, -0.2) is 51.8 Å². The van der Waals surface area contributed by atoms with Crippen molar-refractivity contribution in [1.29, 1.82) is 0 Å². The lowest BCUT2D eigenvalue weighted by Gasteiger charge is -2.36. The highest BCUT2D eigenvalue weighted by molar-refractivity contribution is 5.85. The van der Waals surface area contributed by atoms with Crippen molar-refractivity contribution >= 4 is 22.6 Å². The van der Waals surface area contributed by atoms with Crippen LogP contribution < -0.4 is 4.90 Å². The van der Waals surface area contributed by atoms with Gasteiger partial charge in [0.05, 0.1) is 16.6 Å². The van der Waals surface area contributed by atoms with Crippen LogP contribution in [0.4, 0.5) is 18.9 Å². The molecule has 1 aliphatic rings. The molecule has 1 aliphatic heterocycles. The van der Waals surface area contributed by atoms with E-state index >= 15 is 0 Å². The lowest BCUT2D eigenvalue weighted by molar-refractivity contribution is -0.136. The number of anilines is 1. The van der Waals surface area contributed by atoms with Gasteiger partial charge in [0.25, 0.3) is 0 Å². The van der Waals surface area contributed by atoms with Gasteiger partial charge in [-0.3, -0.25) is 4.79 Å². The Morgan fingerprint density at radius 1 is 1.07 bits per heavy atom. The van der Waals surface area contributed by atoms with Crippen molar-refractivity contribution in [3.63, 3.8) is 0 Å². The minimum absolute atomic E-state index is 0.0465. The average Bonchev–Trinajstić information content (AvgIpc) is 3.02. The molecule has 1 amide bonds. The quantitative estimate of drug-likeness (QED) is 0.655. The first-order valence-corrected chi connectivity index (χ1v) is 9.74. The third-order valence-corrected chi connectivity index (χ3v) is 5.35. The van der Waals surface area contributed by atoms with Crippen molar-refractivity contribution < 1.29 is 18.0 Å². The molecule has 4 rings (SSSR count). The van der Waals surface area contributed by atoms with E-state index in [1.165, 1.54) is 18.5 Å². The summed E-state index contributed by atoms with van der Waals surface area (Å²) >= 11 is 0. The van der Waals surface area contributed by atoms with Gasteiger partial charge in [-0.05, 0) is 32.0 Å². The fourth-order valence-corrected chi connectivity index (χ4v) is 3.89. The summed E-state index contributed by atoms with van der Waals surface area (Å²) in [6.07, 6.45) is -4.51. The number of halogens is 3. The number of hydrogen-bond acceptors (Lipinski definition) is 4. The van der Waals surface area contributed by atoms with Gasteiger partial charge in [0.1, 0.15) is 6.54 Å². The molecule has 0 saturated carbocycles. The van der Waals surface area contributed by atoms with Gasteiger partial charge < -0.3 is 9.80 Å². The third-order valence-electron chi connectivity index (χ3n) is 5.35. The van der Waals surface area contributed by atoms with Gasteiger partial charge in [-0.25, -0.2) is 9.67 Å². The Kier molecular flexibility index (Phi) is 5.13. The maximum absolute atomic E-state index is 13.5. The molecule has 6 nitrogen and oxygen atoms in total. The van der Waals surface area contributed by atoms with Crippen LogP contribution in [-0.2, 0) is 17.5 Å². The second-order valence-corrected chi connectivity index (χ2v) is 7.45. The monoisotopic (exact) mass is 417 g/mol. The van der Waals surface area contributed by atoms with Gasteiger partial charge in [0, 0.05) is 37.6 Å². The Morgan fingerprint density at radius 3 is 2.37 bits per heavy atom. The van der Waals surface area contributed by atoms with Crippen LogP contribution in [0, 0.1) is 13.8 Å². The second-order valence-electron chi connectivity index (χ2n) is 7.45. The van der Waals surface area contributed by atoms with Crippen molar-refractivity contribution in [2.75, 3.05) is 31.1 Å². The fourth-order valence-electron chi connectivity index (χ4n) is 3.89. The van der Waals surface area contributed by atoms with Gasteiger partial charge in [-0.2, -0.15) is 18.3 Å². The summed E-state index contributed by atoms with van der Waals surface area (Å²) < 4.78 is 41.7. The molecule has 2 aromatic heterocycles. The number of para-hydroxylation sites is 1. The molecular formula is C21H22F3N5O. The van der Waals surface area contributed by atoms with Crippen LogP contribution in [0.2, 0.25) is 0 Å². The summed E-state index contributed by atoms with van der Waals surface area (Å²) in [4.78, 5) is 21.0. The van der Waals surface area contributed by atoms with Crippen LogP contribution >= 0.6 is 0 Å². The number of aromatic nitrogens is 3. The summed E-state index contributed by atoms with van der Waals surface area (Å²) in [7, 11) is 0. The highest BCUT2D eigenvalue weighted by Crippen LogP contribution is 2.36. The summed E-state index contributed by atoms with van der Waals surface area (Å²) in [6.45, 7) is 5.37. The molecule has 3 heterocycles. The van der Waals surface area contributed by atoms with E-state index in [1.54, 1.807) is 4.90 Å². The van der Waals surface area contributed by atoms with E-state index in [-0.39, 0.29) is 34.9 Å². The molecule has 1 aromatic carbocycles. The van der Waals surface area contributed by atoms with Crippen molar-refractivity contribution in [2.45, 2.75) is 26.6 Å². The van der Waals surface area contributed by atoms with Crippen LogP contribution in [0.25, 0.3) is 11.0 Å². The summed E-state index contributed by atoms with van der Waals surface area (Å²) in [5, 5.41) is 4.15. The van der Waals surface area contributed by atoms with Gasteiger partial charge in [-0.15, -0.1) is 0 Å². The van der Waals surface area contributed by atoms with Crippen LogP contribution in [0.5, 0.6) is 0 Å². The smallest absolute Gasteiger partial charge is 0.368 e. The van der Waals surface area contributed by atoms with E-state index in [4.69, 9.17) is 0 Å². The Hall–Kier alpha value is -3.10. The average molecular weight is 417 g/mol. The Morgan fingerprint density at radius 2 is 1.73 bits per heavy atom. The zero-order valence-corrected chi connectivity index (χ0v) is 16.8. The van der Waals surface area contributed by atoms with Crippen molar-refractivity contribution in [2.24, 2.45) is 0 Å². The largest absolute Gasteiger partial charge is 0.417 e. The standard InChI is InChI=1S/C21H22F3N5O/c1-14-12-17(21(22,23)24)19-15(2)26-29(20(19)25-14)13-18(30)28-10-8-27(9-11-28)16-6-4-3-5-7-16/h3-7,12H,8-11,13H2,1-2H3. The number of hydrogen-bond donors (Lipinski definition) is 0. The molecule has 3 aromatic rings. The maximum Gasteiger partial charge on any atom is 0.417 e. The molecule has 0 bridgehead atoms. The topological polar surface area (TPSA) is 54.3 Å². The number of piperazine rings is 1. The highest BCUT2D eigenvalue weighted by Gasteiger charge is 2.35. The molecule has 0 radical (unpaired) electrons. The van der Waals surface area contributed by atoms with Crippen LogP contribution in [0.1, 0.15) is 17.0 Å². The second kappa shape index (κ2) is 7.62. The molecule has 0 spiro atoms. The number of pyridine rings is 1. The summed E-state index contributed by atoms with van der Waals surface area (Å²) in [6, 6.07) is 11.0. The number of rotatable bonds is 3. The number of fused-ring (bicyclic) bond motifs is 1. The molecule has 30 heavy (non-hydrogen) atoms. The van der Waals surface area contributed by atoms with Crippen LogP contribution in [0.15, 0.2) is 36.4 Å². The molecule has 0 aliphatic carbocycles. The number of carbonyl (C=O) groups excluding carboxylic acids is 1. The minimum Gasteiger partial charge on any atom is -0.368 e. The molecule has 0 unspecified atom stereocenters. The molecule has 158 valence electrons. The number of benzene rings is 1. The van der Waals surface area contributed by atoms with Gasteiger partial charge in [0.2, 0.25) is 5.91 Å². The van der Waals surface area contributed by atoms with E-state index in [2.05, 4.69) is 15.0 Å². The molecule has 0 atom stereocenters. The molecular weight excluding hydrogens is 395 g/mol. The van der Waals surface area contributed by atoms with Gasteiger partial charge in [-0.1, -0.05) is 18.2 Å². The first-order chi connectivity index (χ1) is 14.2. The highest BCUT2D eigenvalue weighted by atomic mass is 19.4. The molecule has 1 fully saturated rings. The Bertz CT molecular complexity index is 1070. The van der Waals surface area contributed by atoms with E-state index in [0.29, 0.717) is 26.2 Å². The summed E-state index contributed by atoms with van der Waals surface area (Å²) in [5.74, 6) is -0.177. The maximum atomic E-state index is 13.5. The lowest BCUT2D eigenvalue weighted by atomic mass is 10.1. The molecule has 1 saturated heterocycles. The number of carbonyl (C=O) groups is 1. The third kappa shape index (κ3) is 3.83. The number of amides is 1. The molecule has 9 heteroatoms. The zero-order chi connectivity index (χ0) is 21.5. The van der Waals surface area contributed by atoms with E-state index in [0.717, 1.165) is 11.8 Å². The number of aryl methyl sites for hydroxylation is 2. The minimum atomic E-state index is -4.51. The Balaban J connectivity index is 1.52. The normalized spacial score (nSPS) is 15.1. The van der Waals surface area contributed by atoms with Crippen molar-refractivity contribution in [1.82, 2.24) is 19.7 Å².